The molecule has 1 unspecified atom stereocenters. The highest BCUT2D eigenvalue weighted by molar-refractivity contribution is 5.68. The molecule has 7 nitrogen and oxygen atoms in total. The topological polar surface area (TPSA) is 81.1 Å². The molecule has 1 amide bonds. The number of amides is 1. The second kappa shape index (κ2) is 6.01. The number of nitrogens with zero attached hydrogens (tertiary/aromatic N) is 3. The van der Waals surface area contributed by atoms with Gasteiger partial charge in [-0.3, -0.25) is 0 Å². The van der Waals surface area contributed by atoms with Crippen molar-refractivity contribution in [3.05, 3.63) is 12.2 Å². The summed E-state index contributed by atoms with van der Waals surface area (Å²) in [6.07, 6.45) is 3.16. The molecule has 118 valence electrons. The van der Waals surface area contributed by atoms with Gasteiger partial charge in [-0.2, -0.15) is 0 Å². The molecule has 0 bridgehead atoms. The number of hydrogen-bond donors (Lipinski definition) is 2. The summed E-state index contributed by atoms with van der Waals surface area (Å²) in [4.78, 5) is 11.6. The van der Waals surface area contributed by atoms with Gasteiger partial charge in [0, 0.05) is 19.1 Å². The minimum atomic E-state index is -0.453. The van der Waals surface area contributed by atoms with Crippen LogP contribution in [0.25, 0.3) is 0 Å². The highest BCUT2D eigenvalue weighted by Crippen LogP contribution is 2.23. The predicted molar refractivity (Wildman–Crippen MR) is 78.7 cm³/mol. The largest absolute Gasteiger partial charge is 0.444 e. The Hall–Kier alpha value is -1.63. The molecule has 1 aromatic heterocycles. The van der Waals surface area contributed by atoms with Crippen LogP contribution >= 0.6 is 0 Å². The molecule has 1 aliphatic rings. The van der Waals surface area contributed by atoms with E-state index in [4.69, 9.17) is 4.74 Å². The van der Waals surface area contributed by atoms with Crippen molar-refractivity contribution in [2.45, 2.75) is 64.3 Å². The van der Waals surface area contributed by atoms with E-state index in [1.165, 1.54) is 0 Å². The predicted octanol–water partition coefficient (Wildman–Crippen LogP) is 1.52. The van der Waals surface area contributed by atoms with Crippen LogP contribution in [0.15, 0.2) is 6.33 Å². The summed E-state index contributed by atoms with van der Waals surface area (Å²) in [7, 11) is 1.93. The molecule has 0 aromatic carbocycles. The minimum Gasteiger partial charge on any atom is -0.444 e. The Bertz CT molecular complexity index is 488. The van der Waals surface area contributed by atoms with Crippen LogP contribution in [0.1, 0.15) is 52.4 Å². The van der Waals surface area contributed by atoms with Crippen LogP contribution in [0.2, 0.25) is 0 Å². The third-order valence-electron chi connectivity index (χ3n) is 3.48. The number of aryl methyl sites for hydroxylation is 1. The zero-order chi connectivity index (χ0) is 15.6. The van der Waals surface area contributed by atoms with Gasteiger partial charge >= 0.3 is 6.09 Å². The van der Waals surface area contributed by atoms with Crippen LogP contribution < -0.4 is 10.6 Å². The monoisotopic (exact) mass is 295 g/mol. The molecule has 2 rings (SSSR count). The quantitative estimate of drug-likeness (QED) is 0.880. The van der Waals surface area contributed by atoms with E-state index in [-0.39, 0.29) is 18.2 Å². The third kappa shape index (κ3) is 4.42. The number of nitrogens with one attached hydrogen (secondary N) is 2. The molecule has 1 fully saturated rings. The van der Waals surface area contributed by atoms with Gasteiger partial charge in [0.05, 0.1) is 6.04 Å². The second-order valence-electron chi connectivity index (χ2n) is 6.70. The van der Waals surface area contributed by atoms with Crippen molar-refractivity contribution < 1.29 is 9.53 Å². The molecule has 0 spiro atoms. The summed E-state index contributed by atoms with van der Waals surface area (Å²) >= 11 is 0. The van der Waals surface area contributed by atoms with E-state index < -0.39 is 5.60 Å². The van der Waals surface area contributed by atoms with E-state index in [1.54, 1.807) is 6.33 Å². The molecule has 2 N–H and O–H groups in total. The van der Waals surface area contributed by atoms with E-state index >= 15 is 0 Å². The highest BCUT2D eigenvalue weighted by atomic mass is 16.6. The normalized spacial score (nSPS) is 23.3. The first-order valence-corrected chi connectivity index (χ1v) is 7.34. The maximum Gasteiger partial charge on any atom is 0.407 e. The standard InChI is InChI=1S/C14H25N5O2/c1-9(12-18-15-8-19(12)5)16-10-6-11(7-10)17-13(20)21-14(2,3)4/h8-11,16H,6-7H2,1-5H3,(H,17,20). The Labute approximate surface area is 125 Å². The van der Waals surface area contributed by atoms with Crippen molar-refractivity contribution in [2.24, 2.45) is 7.05 Å². The molecule has 1 atom stereocenters. The van der Waals surface area contributed by atoms with Gasteiger partial charge in [-0.05, 0) is 40.5 Å². The fourth-order valence-corrected chi connectivity index (χ4v) is 2.46. The Kier molecular flexibility index (Phi) is 4.51. The molecular weight excluding hydrogens is 270 g/mol. The number of carbonyl (C=O) groups excluding carboxylic acids is 1. The van der Waals surface area contributed by atoms with Crippen molar-refractivity contribution in [1.82, 2.24) is 25.4 Å². The van der Waals surface area contributed by atoms with Gasteiger partial charge in [0.15, 0.2) is 0 Å². The van der Waals surface area contributed by atoms with Gasteiger partial charge in [0.2, 0.25) is 0 Å². The molecule has 1 heterocycles. The molecule has 1 saturated carbocycles. The molecule has 21 heavy (non-hydrogen) atoms. The number of aromatic nitrogens is 3. The van der Waals surface area contributed by atoms with Crippen molar-refractivity contribution in [3.8, 4) is 0 Å². The number of alkyl carbamates (subject to hydrolysis) is 1. The fourth-order valence-electron chi connectivity index (χ4n) is 2.46. The van der Waals surface area contributed by atoms with Crippen molar-refractivity contribution in [2.75, 3.05) is 0 Å². The van der Waals surface area contributed by atoms with Gasteiger partial charge in [-0.25, -0.2) is 4.79 Å². The maximum atomic E-state index is 11.6. The zero-order valence-electron chi connectivity index (χ0n) is 13.4. The lowest BCUT2D eigenvalue weighted by Crippen LogP contribution is -2.53. The average Bonchev–Trinajstić information content (AvgIpc) is 2.69. The third-order valence-corrected chi connectivity index (χ3v) is 3.48. The smallest absolute Gasteiger partial charge is 0.407 e. The Balaban J connectivity index is 1.70. The molecule has 7 heteroatoms. The summed E-state index contributed by atoms with van der Waals surface area (Å²) < 4.78 is 7.15. The van der Waals surface area contributed by atoms with Crippen LogP contribution in [-0.2, 0) is 11.8 Å². The number of ether oxygens (including phenoxy) is 1. The molecule has 0 radical (unpaired) electrons. The lowest BCUT2D eigenvalue weighted by Gasteiger charge is -2.38. The Morgan fingerprint density at radius 2 is 2.10 bits per heavy atom. The zero-order valence-corrected chi connectivity index (χ0v) is 13.4. The summed E-state index contributed by atoms with van der Waals surface area (Å²) in [6, 6.07) is 0.714. The Morgan fingerprint density at radius 3 is 2.62 bits per heavy atom. The summed E-state index contributed by atoms with van der Waals surface area (Å²) in [5.41, 5.74) is -0.453. The van der Waals surface area contributed by atoms with Gasteiger partial charge in [0.1, 0.15) is 17.8 Å². The first kappa shape index (κ1) is 15.8. The lowest BCUT2D eigenvalue weighted by molar-refractivity contribution is 0.0463. The van der Waals surface area contributed by atoms with E-state index in [2.05, 4.69) is 27.8 Å². The molecule has 1 aromatic rings. The highest BCUT2D eigenvalue weighted by Gasteiger charge is 2.32. The first-order valence-electron chi connectivity index (χ1n) is 7.34. The van der Waals surface area contributed by atoms with Crippen LogP contribution in [0.3, 0.4) is 0 Å². The van der Waals surface area contributed by atoms with Gasteiger partial charge < -0.3 is 19.9 Å². The average molecular weight is 295 g/mol. The minimum absolute atomic E-state index is 0.143. The molecule has 1 aliphatic carbocycles. The van der Waals surface area contributed by atoms with Crippen LogP contribution in [0, 0.1) is 0 Å². The molecular formula is C14H25N5O2. The fraction of sp³-hybridized carbons (Fsp3) is 0.786. The number of hydrogen-bond acceptors (Lipinski definition) is 5. The number of rotatable bonds is 4. The van der Waals surface area contributed by atoms with Crippen molar-refractivity contribution >= 4 is 6.09 Å². The van der Waals surface area contributed by atoms with Crippen molar-refractivity contribution in [1.29, 1.82) is 0 Å². The van der Waals surface area contributed by atoms with Gasteiger partial charge in [-0.15, -0.1) is 10.2 Å². The molecule has 0 saturated heterocycles. The second-order valence-corrected chi connectivity index (χ2v) is 6.70. The first-order chi connectivity index (χ1) is 9.74. The summed E-state index contributed by atoms with van der Waals surface area (Å²) in [6.45, 7) is 7.65. The number of carbonyl (C=O) groups is 1. The SMILES string of the molecule is CC(NC1CC(NC(=O)OC(C)(C)C)C1)c1nncn1C. The van der Waals surface area contributed by atoms with E-state index in [1.807, 2.05) is 32.4 Å². The summed E-state index contributed by atoms with van der Waals surface area (Å²) in [5, 5.41) is 14.4. The van der Waals surface area contributed by atoms with Gasteiger partial charge in [0.25, 0.3) is 0 Å². The lowest BCUT2D eigenvalue weighted by atomic mass is 9.86. The molecule has 0 aliphatic heterocycles. The maximum absolute atomic E-state index is 11.6. The van der Waals surface area contributed by atoms with Crippen LogP contribution in [0.4, 0.5) is 4.79 Å². The van der Waals surface area contributed by atoms with E-state index in [0.717, 1.165) is 18.7 Å². The van der Waals surface area contributed by atoms with E-state index in [9.17, 15) is 4.79 Å². The Morgan fingerprint density at radius 1 is 1.43 bits per heavy atom. The van der Waals surface area contributed by atoms with Crippen molar-refractivity contribution in [3.63, 3.8) is 0 Å². The van der Waals surface area contributed by atoms with Gasteiger partial charge in [-0.1, -0.05) is 0 Å². The summed E-state index contributed by atoms with van der Waals surface area (Å²) in [5.74, 6) is 0.915. The van der Waals surface area contributed by atoms with Crippen LogP contribution in [0.5, 0.6) is 0 Å². The van der Waals surface area contributed by atoms with E-state index in [0.29, 0.717) is 6.04 Å². The van der Waals surface area contributed by atoms with Crippen LogP contribution in [-0.4, -0.2) is 38.5 Å².